The van der Waals surface area contributed by atoms with Gasteiger partial charge in [0.2, 0.25) is 0 Å². The number of nitrogens with zero attached hydrogens (tertiary/aromatic N) is 1. The SMILES string of the molecule is O=C(O)c1cc(N=Cc2ccc(OCc3ccc(Br)cc3Br)cc2)ccc1Cl. The summed E-state index contributed by atoms with van der Waals surface area (Å²) in [5.41, 5.74) is 2.45. The zero-order valence-electron chi connectivity index (χ0n) is 14.4. The lowest BCUT2D eigenvalue weighted by Crippen LogP contribution is -1.97. The first-order valence-corrected chi connectivity index (χ1v) is 10.1. The van der Waals surface area contributed by atoms with E-state index in [9.17, 15) is 4.79 Å². The molecule has 0 amide bonds. The van der Waals surface area contributed by atoms with Crippen LogP contribution in [0, 0.1) is 0 Å². The molecule has 0 bridgehead atoms. The van der Waals surface area contributed by atoms with E-state index in [1.54, 1.807) is 12.3 Å². The van der Waals surface area contributed by atoms with Crippen LogP contribution in [-0.4, -0.2) is 17.3 Å². The van der Waals surface area contributed by atoms with Crippen LogP contribution < -0.4 is 4.74 Å². The van der Waals surface area contributed by atoms with E-state index in [1.807, 2.05) is 42.5 Å². The van der Waals surface area contributed by atoms with Crippen molar-refractivity contribution in [3.8, 4) is 5.75 Å². The molecule has 0 spiro atoms. The Labute approximate surface area is 184 Å². The summed E-state index contributed by atoms with van der Waals surface area (Å²) in [7, 11) is 0. The Kier molecular flexibility index (Phi) is 6.88. The summed E-state index contributed by atoms with van der Waals surface area (Å²) in [5.74, 6) is -0.340. The Balaban J connectivity index is 1.65. The van der Waals surface area contributed by atoms with Gasteiger partial charge in [-0.15, -0.1) is 0 Å². The fraction of sp³-hybridized carbons (Fsp3) is 0.0476. The summed E-state index contributed by atoms with van der Waals surface area (Å²) in [6, 6.07) is 18.0. The number of rotatable bonds is 6. The first kappa shape index (κ1) is 20.6. The van der Waals surface area contributed by atoms with E-state index in [1.165, 1.54) is 12.1 Å². The molecule has 0 aliphatic heterocycles. The van der Waals surface area contributed by atoms with Crippen LogP contribution in [0.4, 0.5) is 5.69 Å². The summed E-state index contributed by atoms with van der Waals surface area (Å²) >= 11 is 12.8. The number of carboxylic acid groups (broad SMARTS) is 1. The van der Waals surface area contributed by atoms with E-state index < -0.39 is 5.97 Å². The number of carboxylic acids is 1. The van der Waals surface area contributed by atoms with Gasteiger partial charge in [-0.1, -0.05) is 49.5 Å². The number of aromatic carboxylic acids is 1. The van der Waals surface area contributed by atoms with Crippen molar-refractivity contribution in [2.45, 2.75) is 6.61 Å². The van der Waals surface area contributed by atoms with Crippen molar-refractivity contribution in [2.24, 2.45) is 4.99 Å². The highest BCUT2D eigenvalue weighted by atomic mass is 79.9. The highest BCUT2D eigenvalue weighted by Gasteiger charge is 2.08. The Morgan fingerprint density at radius 1 is 1.07 bits per heavy atom. The fourth-order valence-electron chi connectivity index (χ4n) is 2.36. The second kappa shape index (κ2) is 9.37. The molecule has 3 aromatic rings. The molecule has 3 rings (SSSR count). The molecule has 7 heteroatoms. The lowest BCUT2D eigenvalue weighted by Gasteiger charge is -2.08. The van der Waals surface area contributed by atoms with Crippen LogP contribution in [0.1, 0.15) is 21.5 Å². The lowest BCUT2D eigenvalue weighted by atomic mass is 10.2. The monoisotopic (exact) mass is 521 g/mol. The molecule has 0 saturated carbocycles. The van der Waals surface area contributed by atoms with Gasteiger partial charge < -0.3 is 9.84 Å². The zero-order chi connectivity index (χ0) is 20.1. The summed E-state index contributed by atoms with van der Waals surface area (Å²) in [5, 5.41) is 9.30. The van der Waals surface area contributed by atoms with Crippen LogP contribution in [0.3, 0.4) is 0 Å². The number of aliphatic imine (C=N–C) groups is 1. The van der Waals surface area contributed by atoms with Crippen LogP contribution in [0.15, 0.2) is 74.6 Å². The van der Waals surface area contributed by atoms with Crippen molar-refractivity contribution < 1.29 is 14.6 Å². The standard InChI is InChI=1S/C21H14Br2ClNO3/c22-15-4-3-14(19(23)9-15)12-28-17-6-1-13(2-7-17)11-25-16-5-8-20(24)18(10-16)21(26)27/h1-11H,12H2,(H,26,27). The van der Waals surface area contributed by atoms with Gasteiger partial charge in [0, 0.05) is 20.7 Å². The minimum Gasteiger partial charge on any atom is -0.489 e. The van der Waals surface area contributed by atoms with Gasteiger partial charge in [0.05, 0.1) is 16.3 Å². The van der Waals surface area contributed by atoms with Crippen LogP contribution in [0.5, 0.6) is 5.75 Å². The highest BCUT2D eigenvalue weighted by molar-refractivity contribution is 9.11. The van der Waals surface area contributed by atoms with Gasteiger partial charge in [-0.2, -0.15) is 0 Å². The largest absolute Gasteiger partial charge is 0.489 e. The van der Waals surface area contributed by atoms with Crippen LogP contribution >= 0.6 is 43.5 Å². The molecule has 0 aliphatic carbocycles. The Bertz CT molecular complexity index is 1040. The molecule has 142 valence electrons. The molecule has 0 fully saturated rings. The topological polar surface area (TPSA) is 58.9 Å². The van der Waals surface area contributed by atoms with Crippen LogP contribution in [0.25, 0.3) is 0 Å². The summed E-state index contributed by atoms with van der Waals surface area (Å²) in [4.78, 5) is 15.4. The molecule has 0 radical (unpaired) electrons. The maximum atomic E-state index is 11.1. The number of halogens is 3. The van der Waals surface area contributed by atoms with Gasteiger partial charge >= 0.3 is 5.97 Å². The summed E-state index contributed by atoms with van der Waals surface area (Å²) in [6.45, 7) is 0.448. The Hall–Kier alpha value is -2.15. The smallest absolute Gasteiger partial charge is 0.337 e. The van der Waals surface area contributed by atoms with Gasteiger partial charge in [0.25, 0.3) is 0 Å². The molecule has 0 heterocycles. The fourth-order valence-corrected chi connectivity index (χ4v) is 3.72. The minimum absolute atomic E-state index is 0.0270. The van der Waals surface area contributed by atoms with E-state index in [0.717, 1.165) is 25.8 Å². The number of ether oxygens (including phenoxy) is 1. The maximum absolute atomic E-state index is 11.1. The van der Waals surface area contributed by atoms with E-state index in [4.69, 9.17) is 21.4 Å². The van der Waals surface area contributed by atoms with Crippen molar-refractivity contribution >= 4 is 61.3 Å². The van der Waals surface area contributed by atoms with Gasteiger partial charge in [0.1, 0.15) is 12.4 Å². The second-order valence-electron chi connectivity index (χ2n) is 5.82. The average molecular weight is 524 g/mol. The third-order valence-electron chi connectivity index (χ3n) is 3.83. The molecule has 4 nitrogen and oxygen atoms in total. The number of hydrogen-bond donors (Lipinski definition) is 1. The molecular weight excluding hydrogens is 509 g/mol. The van der Waals surface area contributed by atoms with Crippen LogP contribution in [-0.2, 0) is 6.61 Å². The predicted octanol–water partition coefficient (Wildman–Crippen LogP) is 6.89. The minimum atomic E-state index is -1.08. The first-order chi connectivity index (χ1) is 13.4. The third kappa shape index (κ3) is 5.44. The van der Waals surface area contributed by atoms with Crippen molar-refractivity contribution in [2.75, 3.05) is 0 Å². The van der Waals surface area contributed by atoms with E-state index in [-0.39, 0.29) is 10.6 Å². The predicted molar refractivity (Wildman–Crippen MR) is 118 cm³/mol. The van der Waals surface area contributed by atoms with Crippen molar-refractivity contribution in [3.63, 3.8) is 0 Å². The molecular formula is C21H14Br2ClNO3. The molecule has 28 heavy (non-hydrogen) atoms. The number of hydrogen-bond acceptors (Lipinski definition) is 3. The molecule has 1 N–H and O–H groups in total. The van der Waals surface area contributed by atoms with Gasteiger partial charge in [0.15, 0.2) is 0 Å². The van der Waals surface area contributed by atoms with E-state index >= 15 is 0 Å². The zero-order valence-corrected chi connectivity index (χ0v) is 18.3. The molecule has 0 aliphatic rings. The molecule has 3 aromatic carbocycles. The van der Waals surface area contributed by atoms with Gasteiger partial charge in [-0.3, -0.25) is 4.99 Å². The van der Waals surface area contributed by atoms with Crippen molar-refractivity contribution in [1.82, 2.24) is 0 Å². The van der Waals surface area contributed by atoms with Crippen molar-refractivity contribution in [3.05, 3.63) is 91.3 Å². The maximum Gasteiger partial charge on any atom is 0.337 e. The quantitative estimate of drug-likeness (QED) is 0.358. The number of benzene rings is 3. The highest BCUT2D eigenvalue weighted by Crippen LogP contribution is 2.24. The second-order valence-corrected chi connectivity index (χ2v) is 8.00. The normalized spacial score (nSPS) is 11.0. The van der Waals surface area contributed by atoms with Crippen LogP contribution in [0.2, 0.25) is 5.02 Å². The number of carbonyl (C=O) groups is 1. The van der Waals surface area contributed by atoms with E-state index in [0.29, 0.717) is 12.3 Å². The first-order valence-electron chi connectivity index (χ1n) is 8.16. The third-order valence-corrected chi connectivity index (χ3v) is 5.39. The summed E-state index contributed by atoms with van der Waals surface area (Å²) in [6.07, 6.45) is 1.66. The Morgan fingerprint density at radius 2 is 1.82 bits per heavy atom. The van der Waals surface area contributed by atoms with Crippen molar-refractivity contribution in [1.29, 1.82) is 0 Å². The summed E-state index contributed by atoms with van der Waals surface area (Å²) < 4.78 is 7.80. The molecule has 0 unspecified atom stereocenters. The molecule has 0 atom stereocenters. The lowest BCUT2D eigenvalue weighted by molar-refractivity contribution is 0.0697. The average Bonchev–Trinajstić information content (AvgIpc) is 2.67. The molecule has 0 aromatic heterocycles. The molecule has 0 saturated heterocycles. The van der Waals surface area contributed by atoms with Gasteiger partial charge in [-0.05, 0) is 60.2 Å². The van der Waals surface area contributed by atoms with E-state index in [2.05, 4.69) is 36.9 Å². The van der Waals surface area contributed by atoms with Gasteiger partial charge in [-0.25, -0.2) is 4.79 Å². The Morgan fingerprint density at radius 3 is 2.50 bits per heavy atom.